The van der Waals surface area contributed by atoms with Crippen molar-refractivity contribution >= 4 is 34.6 Å². The van der Waals surface area contributed by atoms with E-state index in [1.807, 2.05) is 0 Å². The van der Waals surface area contributed by atoms with Crippen molar-refractivity contribution in [1.29, 1.82) is 0 Å². The molecule has 0 spiro atoms. The molecule has 11 nitrogen and oxygen atoms in total. The number of nitro benzene ring substituents is 2. The van der Waals surface area contributed by atoms with Gasteiger partial charge in [-0.2, -0.15) is 5.10 Å². The van der Waals surface area contributed by atoms with Crippen LogP contribution in [0.5, 0.6) is 0 Å². The highest BCUT2D eigenvalue weighted by Gasteiger charge is 2.14. The number of benzene rings is 2. The van der Waals surface area contributed by atoms with Gasteiger partial charge in [0.15, 0.2) is 5.82 Å². The topological polar surface area (TPSA) is 146 Å². The summed E-state index contributed by atoms with van der Waals surface area (Å²) < 4.78 is 1.23. The first kappa shape index (κ1) is 18.9. The first-order valence-electron chi connectivity index (χ1n) is 7.71. The Balaban J connectivity index is 1.73. The van der Waals surface area contributed by atoms with Crippen molar-refractivity contribution in [3.63, 3.8) is 0 Å². The Bertz CT molecular complexity index is 1080. The van der Waals surface area contributed by atoms with Crippen LogP contribution in [0.25, 0.3) is 11.4 Å². The van der Waals surface area contributed by atoms with Gasteiger partial charge in [-0.25, -0.2) is 9.67 Å². The van der Waals surface area contributed by atoms with Gasteiger partial charge in [0.05, 0.1) is 20.6 Å². The fourth-order valence-corrected chi connectivity index (χ4v) is 2.49. The fourth-order valence-electron chi connectivity index (χ4n) is 2.32. The molecule has 28 heavy (non-hydrogen) atoms. The van der Waals surface area contributed by atoms with Crippen molar-refractivity contribution < 1.29 is 14.6 Å². The summed E-state index contributed by atoms with van der Waals surface area (Å²) in [4.78, 5) is 36.8. The van der Waals surface area contributed by atoms with Crippen LogP contribution < -0.4 is 5.32 Å². The average molecular weight is 403 g/mol. The minimum absolute atomic E-state index is 0.0971. The maximum Gasteiger partial charge on any atom is 0.271 e. The summed E-state index contributed by atoms with van der Waals surface area (Å²) in [5.41, 5.74) is 0.204. The Hall–Kier alpha value is -3.86. The van der Waals surface area contributed by atoms with E-state index >= 15 is 0 Å². The summed E-state index contributed by atoms with van der Waals surface area (Å²) in [5, 5.41) is 28.4. The molecule has 0 saturated heterocycles. The monoisotopic (exact) mass is 402 g/mol. The summed E-state index contributed by atoms with van der Waals surface area (Å²) in [6.45, 7) is -0.235. The standard InChI is InChI=1S/C16H11ClN6O5/c17-13-5-4-12(23(27)28)7-14(13)19-15(24)8-21-9-18-16(20-21)10-2-1-3-11(6-10)22(25)26/h1-7,9H,8H2,(H,19,24). The number of hydrogen-bond donors (Lipinski definition) is 1. The van der Waals surface area contributed by atoms with Crippen LogP contribution in [-0.4, -0.2) is 30.5 Å². The fraction of sp³-hybridized carbons (Fsp3) is 0.0625. The van der Waals surface area contributed by atoms with Crippen molar-refractivity contribution in [2.24, 2.45) is 0 Å². The van der Waals surface area contributed by atoms with Crippen LogP contribution in [0.2, 0.25) is 5.02 Å². The van der Waals surface area contributed by atoms with Gasteiger partial charge in [-0.05, 0) is 6.07 Å². The lowest BCUT2D eigenvalue weighted by molar-refractivity contribution is -0.385. The molecule has 0 bridgehead atoms. The number of amides is 1. The Kier molecular flexibility index (Phi) is 5.27. The third-order valence-electron chi connectivity index (χ3n) is 3.59. The quantitative estimate of drug-likeness (QED) is 0.492. The molecular formula is C16H11ClN6O5. The second-order valence-corrected chi connectivity index (χ2v) is 5.95. The third kappa shape index (κ3) is 4.27. The molecule has 0 aliphatic rings. The van der Waals surface area contributed by atoms with Gasteiger partial charge in [0, 0.05) is 29.8 Å². The summed E-state index contributed by atoms with van der Waals surface area (Å²) in [5.74, 6) is -0.317. The number of anilines is 1. The van der Waals surface area contributed by atoms with E-state index in [2.05, 4.69) is 15.4 Å². The molecule has 0 atom stereocenters. The minimum Gasteiger partial charge on any atom is -0.323 e. The van der Waals surface area contributed by atoms with Gasteiger partial charge in [0.1, 0.15) is 12.9 Å². The molecule has 1 aromatic heterocycles. The molecule has 3 rings (SSSR count). The predicted molar refractivity (Wildman–Crippen MR) is 98.8 cm³/mol. The zero-order valence-corrected chi connectivity index (χ0v) is 14.7. The number of hydrogen-bond acceptors (Lipinski definition) is 7. The maximum atomic E-state index is 12.2. The van der Waals surface area contributed by atoms with Gasteiger partial charge in [-0.1, -0.05) is 23.7 Å². The van der Waals surface area contributed by atoms with E-state index < -0.39 is 15.8 Å². The number of rotatable bonds is 6. The lowest BCUT2D eigenvalue weighted by Crippen LogP contribution is -2.19. The van der Waals surface area contributed by atoms with Crippen LogP contribution in [0.4, 0.5) is 17.1 Å². The van der Waals surface area contributed by atoms with Crippen LogP contribution in [0.1, 0.15) is 0 Å². The molecule has 0 unspecified atom stereocenters. The highest BCUT2D eigenvalue weighted by Crippen LogP contribution is 2.26. The Morgan fingerprint density at radius 2 is 1.82 bits per heavy atom. The van der Waals surface area contributed by atoms with E-state index in [4.69, 9.17) is 11.6 Å². The molecule has 12 heteroatoms. The molecule has 3 aromatic rings. The first-order chi connectivity index (χ1) is 13.3. The number of nitrogens with one attached hydrogen (secondary N) is 1. The number of non-ortho nitro benzene ring substituents is 2. The second-order valence-electron chi connectivity index (χ2n) is 5.54. The minimum atomic E-state index is -0.602. The largest absolute Gasteiger partial charge is 0.323 e. The Morgan fingerprint density at radius 3 is 2.54 bits per heavy atom. The van der Waals surface area contributed by atoms with Gasteiger partial charge in [0.25, 0.3) is 11.4 Å². The molecule has 0 aliphatic carbocycles. The normalized spacial score (nSPS) is 10.5. The van der Waals surface area contributed by atoms with E-state index in [0.29, 0.717) is 5.56 Å². The molecular weight excluding hydrogens is 392 g/mol. The average Bonchev–Trinajstić information content (AvgIpc) is 3.11. The number of nitro groups is 2. The summed E-state index contributed by atoms with van der Waals surface area (Å²) in [7, 11) is 0. The van der Waals surface area contributed by atoms with E-state index in [-0.39, 0.29) is 34.5 Å². The zero-order chi connectivity index (χ0) is 20.3. The Morgan fingerprint density at radius 1 is 1.11 bits per heavy atom. The second kappa shape index (κ2) is 7.80. The summed E-state index contributed by atoms with van der Waals surface area (Å²) >= 11 is 5.95. The summed E-state index contributed by atoms with van der Waals surface area (Å²) in [6.07, 6.45) is 1.29. The highest BCUT2D eigenvalue weighted by atomic mass is 35.5. The number of halogens is 1. The molecule has 0 fully saturated rings. The van der Waals surface area contributed by atoms with Gasteiger partial charge < -0.3 is 5.32 Å². The molecule has 0 radical (unpaired) electrons. The van der Waals surface area contributed by atoms with Crippen molar-refractivity contribution in [2.45, 2.75) is 6.54 Å². The molecule has 0 aliphatic heterocycles. The van der Waals surface area contributed by atoms with E-state index in [1.165, 1.54) is 41.3 Å². The molecule has 1 heterocycles. The lowest BCUT2D eigenvalue weighted by Gasteiger charge is -2.07. The van der Waals surface area contributed by atoms with E-state index in [1.54, 1.807) is 6.07 Å². The lowest BCUT2D eigenvalue weighted by atomic mass is 10.2. The molecule has 1 amide bonds. The van der Waals surface area contributed by atoms with Crippen LogP contribution in [0, 0.1) is 20.2 Å². The van der Waals surface area contributed by atoms with Crippen molar-refractivity contribution in [3.8, 4) is 11.4 Å². The SMILES string of the molecule is O=C(Cn1cnc(-c2cccc([N+](=O)[O-])c2)n1)Nc1cc([N+](=O)[O-])ccc1Cl. The predicted octanol–water partition coefficient (Wildman–Crippen LogP) is 3.05. The first-order valence-corrected chi connectivity index (χ1v) is 8.09. The van der Waals surface area contributed by atoms with Gasteiger partial charge >= 0.3 is 0 Å². The molecule has 0 saturated carbocycles. The number of aromatic nitrogens is 3. The van der Waals surface area contributed by atoms with Gasteiger partial charge in [-0.15, -0.1) is 0 Å². The van der Waals surface area contributed by atoms with E-state index in [9.17, 15) is 25.0 Å². The van der Waals surface area contributed by atoms with Crippen LogP contribution in [0.3, 0.4) is 0 Å². The smallest absolute Gasteiger partial charge is 0.271 e. The van der Waals surface area contributed by atoms with Crippen molar-refractivity contribution in [3.05, 3.63) is 74.0 Å². The van der Waals surface area contributed by atoms with Gasteiger partial charge in [-0.3, -0.25) is 25.0 Å². The van der Waals surface area contributed by atoms with Crippen LogP contribution in [0.15, 0.2) is 48.8 Å². The number of carbonyl (C=O) groups excluding carboxylic acids is 1. The maximum absolute atomic E-state index is 12.2. The number of carbonyl (C=O) groups is 1. The van der Waals surface area contributed by atoms with Crippen molar-refractivity contribution in [2.75, 3.05) is 5.32 Å². The highest BCUT2D eigenvalue weighted by molar-refractivity contribution is 6.33. The molecule has 1 N–H and O–H groups in total. The molecule has 2 aromatic carbocycles. The third-order valence-corrected chi connectivity index (χ3v) is 3.92. The number of nitrogens with zero attached hydrogens (tertiary/aromatic N) is 5. The summed E-state index contributed by atoms with van der Waals surface area (Å²) in [6, 6.07) is 9.46. The molecule has 142 valence electrons. The Labute approximate surface area is 161 Å². The van der Waals surface area contributed by atoms with Crippen LogP contribution >= 0.6 is 11.6 Å². The van der Waals surface area contributed by atoms with Crippen molar-refractivity contribution in [1.82, 2.24) is 14.8 Å². The van der Waals surface area contributed by atoms with Gasteiger partial charge in [0.2, 0.25) is 5.91 Å². The van der Waals surface area contributed by atoms with E-state index in [0.717, 1.165) is 6.07 Å². The van der Waals surface area contributed by atoms with Crippen LogP contribution in [-0.2, 0) is 11.3 Å². The zero-order valence-electron chi connectivity index (χ0n) is 14.0.